The van der Waals surface area contributed by atoms with Crippen LogP contribution in [-0.4, -0.2) is 0 Å². The number of nitrogens with two attached hydrogens (primary N) is 1. The highest BCUT2D eigenvalue weighted by atomic mass is 79.9. The van der Waals surface area contributed by atoms with Gasteiger partial charge in [0.15, 0.2) is 0 Å². The molecule has 94 valence electrons. The molecule has 1 unspecified atom stereocenters. The Bertz CT molecular complexity index is 540. The molecule has 0 spiro atoms. The van der Waals surface area contributed by atoms with E-state index in [1.165, 1.54) is 18.2 Å². The fourth-order valence-electron chi connectivity index (χ4n) is 1.82. The van der Waals surface area contributed by atoms with Crippen LogP contribution in [0.2, 0.25) is 0 Å². The summed E-state index contributed by atoms with van der Waals surface area (Å²) in [5.74, 6) is 4.17. The van der Waals surface area contributed by atoms with E-state index in [0.29, 0.717) is 5.56 Å². The smallest absolute Gasteiger partial charge is 0.131 e. The van der Waals surface area contributed by atoms with Gasteiger partial charge in [-0.2, -0.15) is 0 Å². The van der Waals surface area contributed by atoms with Gasteiger partial charge in [-0.25, -0.2) is 14.2 Å². The Kier molecular flexibility index (Phi) is 4.06. The zero-order valence-electron chi connectivity index (χ0n) is 9.33. The SMILES string of the molecule is NNC(c1cccc(Br)c1)c1c(F)cccc1F. The predicted molar refractivity (Wildman–Crippen MR) is 69.7 cm³/mol. The summed E-state index contributed by atoms with van der Waals surface area (Å²) in [6, 6.07) is 10.1. The first kappa shape index (κ1) is 13.1. The summed E-state index contributed by atoms with van der Waals surface area (Å²) in [5.41, 5.74) is 3.03. The van der Waals surface area contributed by atoms with Gasteiger partial charge in [0.05, 0.1) is 6.04 Å². The maximum Gasteiger partial charge on any atom is 0.131 e. The first-order valence-corrected chi connectivity index (χ1v) is 6.08. The highest BCUT2D eigenvalue weighted by Gasteiger charge is 2.20. The fourth-order valence-corrected chi connectivity index (χ4v) is 2.24. The van der Waals surface area contributed by atoms with Gasteiger partial charge in [0.2, 0.25) is 0 Å². The van der Waals surface area contributed by atoms with E-state index in [4.69, 9.17) is 5.84 Å². The predicted octanol–water partition coefficient (Wildman–Crippen LogP) is 3.28. The normalized spacial score (nSPS) is 12.4. The number of hydrazine groups is 1. The minimum Gasteiger partial charge on any atom is -0.271 e. The maximum atomic E-state index is 13.7. The number of halogens is 3. The monoisotopic (exact) mass is 312 g/mol. The summed E-state index contributed by atoms with van der Waals surface area (Å²) in [4.78, 5) is 0. The Hall–Kier alpha value is -1.30. The number of rotatable bonds is 3. The molecule has 2 aromatic carbocycles. The molecule has 0 radical (unpaired) electrons. The molecule has 5 heteroatoms. The van der Waals surface area contributed by atoms with Crippen molar-refractivity contribution in [2.24, 2.45) is 5.84 Å². The molecule has 0 bridgehead atoms. The van der Waals surface area contributed by atoms with Crippen LogP contribution in [-0.2, 0) is 0 Å². The molecule has 0 amide bonds. The molecule has 2 rings (SSSR count). The molecule has 3 N–H and O–H groups in total. The Morgan fingerprint density at radius 2 is 1.67 bits per heavy atom. The van der Waals surface area contributed by atoms with Crippen molar-refractivity contribution in [3.05, 3.63) is 69.7 Å². The van der Waals surface area contributed by atoms with Gasteiger partial charge in [0.1, 0.15) is 11.6 Å². The molecule has 0 aliphatic carbocycles. The molecule has 2 aromatic rings. The Labute approximate surface area is 112 Å². The van der Waals surface area contributed by atoms with E-state index >= 15 is 0 Å². The van der Waals surface area contributed by atoms with Crippen molar-refractivity contribution in [1.82, 2.24) is 5.43 Å². The van der Waals surface area contributed by atoms with Gasteiger partial charge >= 0.3 is 0 Å². The van der Waals surface area contributed by atoms with Gasteiger partial charge < -0.3 is 0 Å². The molecule has 0 heterocycles. The van der Waals surface area contributed by atoms with Gasteiger partial charge in [0, 0.05) is 10.0 Å². The van der Waals surface area contributed by atoms with Gasteiger partial charge in [-0.05, 0) is 29.8 Å². The third kappa shape index (κ3) is 2.58. The third-order valence-corrected chi connectivity index (χ3v) is 3.13. The minimum atomic E-state index is -0.733. The molecule has 0 fully saturated rings. The van der Waals surface area contributed by atoms with Crippen LogP contribution in [0.25, 0.3) is 0 Å². The van der Waals surface area contributed by atoms with Gasteiger partial charge in [-0.1, -0.05) is 34.1 Å². The molecule has 1 atom stereocenters. The second-order valence-corrected chi connectivity index (χ2v) is 4.71. The summed E-state index contributed by atoms with van der Waals surface area (Å²) in [5, 5.41) is 0. The van der Waals surface area contributed by atoms with Crippen LogP contribution >= 0.6 is 15.9 Å². The molecule has 0 saturated heterocycles. The summed E-state index contributed by atoms with van der Waals surface area (Å²) >= 11 is 3.31. The highest BCUT2D eigenvalue weighted by Crippen LogP contribution is 2.27. The average molecular weight is 313 g/mol. The molecule has 18 heavy (non-hydrogen) atoms. The van der Waals surface area contributed by atoms with E-state index in [-0.39, 0.29) is 5.56 Å². The van der Waals surface area contributed by atoms with E-state index in [1.54, 1.807) is 18.2 Å². The summed E-state index contributed by atoms with van der Waals surface area (Å²) in [6.07, 6.45) is 0. The topological polar surface area (TPSA) is 38.0 Å². The van der Waals surface area contributed by atoms with Crippen LogP contribution in [0.4, 0.5) is 8.78 Å². The first-order chi connectivity index (χ1) is 8.63. The van der Waals surface area contributed by atoms with Gasteiger partial charge in [-0.3, -0.25) is 5.84 Å². The number of nitrogens with one attached hydrogen (secondary N) is 1. The van der Waals surface area contributed by atoms with Gasteiger partial charge in [0.25, 0.3) is 0 Å². The van der Waals surface area contributed by atoms with Crippen LogP contribution in [0.3, 0.4) is 0 Å². The van der Waals surface area contributed by atoms with Gasteiger partial charge in [-0.15, -0.1) is 0 Å². The van der Waals surface area contributed by atoms with Crippen LogP contribution in [0.5, 0.6) is 0 Å². The lowest BCUT2D eigenvalue weighted by molar-refractivity contribution is 0.510. The molecule has 0 aliphatic heterocycles. The molecular weight excluding hydrogens is 302 g/mol. The van der Waals surface area contributed by atoms with E-state index < -0.39 is 17.7 Å². The number of benzene rings is 2. The molecule has 0 aromatic heterocycles. The lowest BCUT2D eigenvalue weighted by Crippen LogP contribution is -2.30. The third-order valence-electron chi connectivity index (χ3n) is 2.64. The Balaban J connectivity index is 2.52. The molecule has 0 saturated carbocycles. The summed E-state index contributed by atoms with van der Waals surface area (Å²) in [6.45, 7) is 0. The standard InChI is InChI=1S/C13H11BrF2N2/c14-9-4-1-3-8(7-9)13(18-17)12-10(15)5-2-6-11(12)16/h1-7,13,18H,17H2. The maximum absolute atomic E-state index is 13.7. The van der Waals surface area contributed by atoms with Crippen LogP contribution in [0, 0.1) is 11.6 Å². The molecule has 2 nitrogen and oxygen atoms in total. The molecular formula is C13H11BrF2N2. The number of hydrogen-bond donors (Lipinski definition) is 2. The lowest BCUT2D eigenvalue weighted by Gasteiger charge is -2.18. The quantitative estimate of drug-likeness (QED) is 0.674. The summed E-state index contributed by atoms with van der Waals surface area (Å²) in [7, 11) is 0. The van der Waals surface area contributed by atoms with Crippen molar-refractivity contribution in [2.45, 2.75) is 6.04 Å². The van der Waals surface area contributed by atoms with Crippen LogP contribution in [0.15, 0.2) is 46.9 Å². The second kappa shape index (κ2) is 5.56. The van der Waals surface area contributed by atoms with Crippen molar-refractivity contribution in [2.75, 3.05) is 0 Å². The van der Waals surface area contributed by atoms with E-state index in [2.05, 4.69) is 21.4 Å². The zero-order chi connectivity index (χ0) is 13.1. The van der Waals surface area contributed by atoms with E-state index in [1.807, 2.05) is 6.07 Å². The summed E-state index contributed by atoms with van der Waals surface area (Å²) < 4.78 is 28.3. The Morgan fingerprint density at radius 1 is 1.06 bits per heavy atom. The number of hydrogen-bond acceptors (Lipinski definition) is 2. The second-order valence-electron chi connectivity index (χ2n) is 3.79. The van der Waals surface area contributed by atoms with Crippen molar-refractivity contribution in [3.8, 4) is 0 Å². The van der Waals surface area contributed by atoms with Crippen molar-refractivity contribution in [3.63, 3.8) is 0 Å². The largest absolute Gasteiger partial charge is 0.271 e. The molecule has 0 aliphatic rings. The fraction of sp³-hybridized carbons (Fsp3) is 0.0769. The first-order valence-electron chi connectivity index (χ1n) is 5.29. The van der Waals surface area contributed by atoms with E-state index in [0.717, 1.165) is 4.47 Å². The highest BCUT2D eigenvalue weighted by molar-refractivity contribution is 9.10. The average Bonchev–Trinajstić information content (AvgIpc) is 2.34. The lowest BCUT2D eigenvalue weighted by atomic mass is 9.98. The van der Waals surface area contributed by atoms with Crippen LogP contribution in [0.1, 0.15) is 17.2 Å². The van der Waals surface area contributed by atoms with Crippen molar-refractivity contribution >= 4 is 15.9 Å². The van der Waals surface area contributed by atoms with E-state index in [9.17, 15) is 8.78 Å². The van der Waals surface area contributed by atoms with Crippen molar-refractivity contribution < 1.29 is 8.78 Å². The van der Waals surface area contributed by atoms with Crippen molar-refractivity contribution in [1.29, 1.82) is 0 Å². The van der Waals surface area contributed by atoms with Crippen LogP contribution < -0.4 is 11.3 Å². The Morgan fingerprint density at radius 3 is 2.22 bits per heavy atom. The zero-order valence-corrected chi connectivity index (χ0v) is 10.9. The minimum absolute atomic E-state index is 0.0851.